The lowest BCUT2D eigenvalue weighted by Crippen LogP contribution is -2.15. The van der Waals surface area contributed by atoms with Gasteiger partial charge in [-0.3, -0.25) is 9.59 Å². The normalized spacial score (nSPS) is 11.6. The van der Waals surface area contributed by atoms with Crippen molar-refractivity contribution in [3.8, 4) is 0 Å². The molecule has 0 aromatic heterocycles. The molecule has 0 bridgehead atoms. The van der Waals surface area contributed by atoms with Crippen molar-refractivity contribution in [1.82, 2.24) is 0 Å². The maximum absolute atomic E-state index is 13.2. The molecule has 0 unspecified atom stereocenters. The summed E-state index contributed by atoms with van der Waals surface area (Å²) < 4.78 is 5.95. The van der Waals surface area contributed by atoms with Crippen LogP contribution < -0.4 is 0 Å². The van der Waals surface area contributed by atoms with E-state index in [1.165, 1.54) is 0 Å². The molecule has 2 aromatic rings. The van der Waals surface area contributed by atoms with Crippen LogP contribution in [-0.4, -0.2) is 18.2 Å². The molecule has 2 rings (SSSR count). The van der Waals surface area contributed by atoms with E-state index < -0.39 is 0 Å². The molecule has 142 valence electrons. The molecule has 0 saturated heterocycles. The van der Waals surface area contributed by atoms with Gasteiger partial charge in [0.15, 0.2) is 11.5 Å². The van der Waals surface area contributed by atoms with Crippen LogP contribution in [0.3, 0.4) is 0 Å². The molecule has 0 aliphatic heterocycles. The molecular formula is C24H28O3. The highest BCUT2D eigenvalue weighted by molar-refractivity contribution is 6.28. The van der Waals surface area contributed by atoms with Crippen molar-refractivity contribution < 1.29 is 14.3 Å². The third-order valence-corrected chi connectivity index (χ3v) is 4.28. The summed E-state index contributed by atoms with van der Waals surface area (Å²) in [7, 11) is 0. The maximum Gasteiger partial charge on any atom is 0.228 e. The van der Waals surface area contributed by atoms with Gasteiger partial charge in [-0.05, 0) is 18.4 Å². The summed E-state index contributed by atoms with van der Waals surface area (Å²) in [4.78, 5) is 26.1. The Kier molecular flexibility index (Phi) is 8.50. The van der Waals surface area contributed by atoms with Crippen LogP contribution in [0.25, 0.3) is 5.57 Å². The van der Waals surface area contributed by atoms with Crippen LogP contribution in [0.5, 0.6) is 0 Å². The van der Waals surface area contributed by atoms with E-state index in [9.17, 15) is 9.59 Å². The maximum atomic E-state index is 13.2. The van der Waals surface area contributed by atoms with E-state index in [2.05, 4.69) is 6.92 Å². The van der Waals surface area contributed by atoms with E-state index in [4.69, 9.17) is 4.74 Å². The number of benzene rings is 2. The molecule has 27 heavy (non-hydrogen) atoms. The van der Waals surface area contributed by atoms with E-state index >= 15 is 0 Å². The molecule has 0 radical (unpaired) electrons. The molecule has 0 atom stereocenters. The topological polar surface area (TPSA) is 43.4 Å². The summed E-state index contributed by atoms with van der Waals surface area (Å²) in [6.07, 6.45) is 4.05. The van der Waals surface area contributed by atoms with Gasteiger partial charge < -0.3 is 4.74 Å². The number of ketones is 2. The molecule has 0 aliphatic carbocycles. The Bertz CT molecular complexity index is 761. The first-order chi connectivity index (χ1) is 13.2. The monoisotopic (exact) mass is 364 g/mol. The summed E-state index contributed by atoms with van der Waals surface area (Å²) >= 11 is 0. The highest BCUT2D eigenvalue weighted by atomic mass is 16.5. The zero-order valence-corrected chi connectivity index (χ0v) is 16.2. The summed E-state index contributed by atoms with van der Waals surface area (Å²) in [5, 5.41) is 0. The van der Waals surface area contributed by atoms with Crippen LogP contribution >= 0.6 is 0 Å². The Labute approximate surface area is 162 Å². The first-order valence-corrected chi connectivity index (χ1v) is 9.74. The van der Waals surface area contributed by atoms with Gasteiger partial charge in [0.05, 0.1) is 12.2 Å². The number of hydrogen-bond donors (Lipinski definition) is 0. The Balaban J connectivity index is 2.52. The molecule has 0 aliphatic rings. The lowest BCUT2D eigenvalue weighted by atomic mass is 9.94. The molecule has 3 heteroatoms. The van der Waals surface area contributed by atoms with Gasteiger partial charge in [-0.2, -0.15) is 0 Å². The van der Waals surface area contributed by atoms with Crippen LogP contribution in [0.4, 0.5) is 0 Å². The summed E-state index contributed by atoms with van der Waals surface area (Å²) in [6, 6.07) is 18.4. The second-order valence-corrected chi connectivity index (χ2v) is 6.49. The Hall–Kier alpha value is -2.68. The predicted molar refractivity (Wildman–Crippen MR) is 110 cm³/mol. The van der Waals surface area contributed by atoms with Gasteiger partial charge in [-0.25, -0.2) is 0 Å². The number of unbranched alkanes of at least 4 members (excludes halogenated alkanes) is 2. The minimum atomic E-state index is -0.240. The number of allylic oxidation sites excluding steroid dienone is 2. The Morgan fingerprint density at radius 3 is 1.93 bits per heavy atom. The fourth-order valence-electron chi connectivity index (χ4n) is 2.87. The highest BCUT2D eigenvalue weighted by Gasteiger charge is 2.24. The van der Waals surface area contributed by atoms with Gasteiger partial charge in [0.2, 0.25) is 5.78 Å². The quantitative estimate of drug-likeness (QED) is 0.217. The smallest absolute Gasteiger partial charge is 0.228 e. The zero-order chi connectivity index (χ0) is 19.5. The molecule has 0 spiro atoms. The van der Waals surface area contributed by atoms with Crippen LogP contribution in [0.2, 0.25) is 0 Å². The lowest BCUT2D eigenvalue weighted by molar-refractivity contribution is -0.113. The van der Waals surface area contributed by atoms with Crippen molar-refractivity contribution in [2.75, 3.05) is 6.61 Å². The van der Waals surface area contributed by atoms with E-state index in [1.54, 1.807) is 12.1 Å². The van der Waals surface area contributed by atoms with E-state index in [0.29, 0.717) is 24.2 Å². The highest BCUT2D eigenvalue weighted by Crippen LogP contribution is 2.26. The van der Waals surface area contributed by atoms with Crippen LogP contribution in [0.1, 0.15) is 61.9 Å². The summed E-state index contributed by atoms with van der Waals surface area (Å²) in [6.45, 7) is 4.50. The molecule has 0 N–H and O–H groups in total. The Morgan fingerprint density at radius 1 is 0.778 bits per heavy atom. The van der Waals surface area contributed by atoms with Crippen LogP contribution in [0, 0.1) is 0 Å². The fourth-order valence-corrected chi connectivity index (χ4v) is 2.87. The average molecular weight is 364 g/mol. The third kappa shape index (κ3) is 5.92. The molecule has 0 saturated carbocycles. The van der Waals surface area contributed by atoms with Gasteiger partial charge in [0.1, 0.15) is 0 Å². The minimum Gasteiger partial charge on any atom is -0.489 e. The van der Waals surface area contributed by atoms with Gasteiger partial charge in [-0.15, -0.1) is 0 Å². The van der Waals surface area contributed by atoms with Gasteiger partial charge >= 0.3 is 0 Å². The average Bonchev–Trinajstić information content (AvgIpc) is 2.71. The predicted octanol–water partition coefficient (Wildman–Crippen LogP) is 5.86. The van der Waals surface area contributed by atoms with Gasteiger partial charge in [-0.1, -0.05) is 87.4 Å². The number of rotatable bonds is 11. The number of ether oxygens (including phenoxy) is 1. The van der Waals surface area contributed by atoms with Crippen molar-refractivity contribution in [3.05, 3.63) is 77.5 Å². The Morgan fingerprint density at radius 2 is 1.37 bits per heavy atom. The summed E-state index contributed by atoms with van der Waals surface area (Å²) in [5.74, 6) is -0.129. The second kappa shape index (κ2) is 11.1. The lowest BCUT2D eigenvalue weighted by Gasteiger charge is -2.16. The van der Waals surface area contributed by atoms with Gasteiger partial charge in [0.25, 0.3) is 0 Å². The van der Waals surface area contributed by atoms with Crippen molar-refractivity contribution >= 4 is 17.1 Å². The van der Waals surface area contributed by atoms with Crippen molar-refractivity contribution in [3.63, 3.8) is 0 Å². The van der Waals surface area contributed by atoms with E-state index in [1.807, 2.05) is 55.5 Å². The molecule has 0 amide bonds. The molecule has 0 fully saturated rings. The van der Waals surface area contributed by atoms with E-state index in [-0.39, 0.29) is 17.3 Å². The third-order valence-electron chi connectivity index (χ3n) is 4.28. The van der Waals surface area contributed by atoms with Crippen LogP contribution in [-0.2, 0) is 9.53 Å². The number of hydrogen-bond acceptors (Lipinski definition) is 3. The van der Waals surface area contributed by atoms with Crippen molar-refractivity contribution in [1.29, 1.82) is 0 Å². The van der Waals surface area contributed by atoms with Crippen molar-refractivity contribution in [2.45, 2.75) is 46.0 Å². The first-order valence-electron chi connectivity index (χ1n) is 9.74. The van der Waals surface area contributed by atoms with E-state index in [0.717, 1.165) is 31.2 Å². The second-order valence-electron chi connectivity index (χ2n) is 6.49. The molecule has 0 heterocycles. The minimum absolute atomic E-state index is 0.0570. The molecule has 2 aromatic carbocycles. The zero-order valence-electron chi connectivity index (χ0n) is 16.2. The SMILES string of the molecule is CCCCCOC(C(=O)c1ccccc1)=C(C(=O)CCC)c1ccccc1. The van der Waals surface area contributed by atoms with Crippen LogP contribution in [0.15, 0.2) is 66.4 Å². The number of carbonyl (C=O) groups is 2. The number of Topliss-reactive ketones (excluding diaryl/α,β-unsaturated/α-hetero) is 2. The van der Waals surface area contributed by atoms with Gasteiger partial charge in [0, 0.05) is 12.0 Å². The molecular weight excluding hydrogens is 336 g/mol. The standard InChI is InChI=1S/C24H28O3/c1-3-5-12-18-27-24(23(26)20-16-10-7-11-17-20)22(21(25)13-4-2)19-14-8-6-9-15-19/h6-11,14-17H,3-5,12-13,18H2,1-2H3. The largest absolute Gasteiger partial charge is 0.489 e. The molecule has 3 nitrogen and oxygen atoms in total. The number of carbonyl (C=O) groups excluding carboxylic acids is 2. The van der Waals surface area contributed by atoms with Crippen molar-refractivity contribution in [2.24, 2.45) is 0 Å². The summed E-state index contributed by atoms with van der Waals surface area (Å²) in [5.41, 5.74) is 1.65. The fraction of sp³-hybridized carbons (Fsp3) is 0.333. The first kappa shape index (κ1) is 20.6.